The van der Waals surface area contributed by atoms with Gasteiger partial charge in [-0.05, 0) is 43.1 Å². The standard InChI is InChI=1S/C21H30F2/c1-2-3-4-5-6-7-17-8-10-18(11-9-17)19-12-14-20(15-13-19)21(23)16-22/h12-18H,2-11H2,1H3. The molecule has 0 saturated heterocycles. The lowest BCUT2D eigenvalue weighted by Crippen LogP contribution is -2.13. The normalized spacial score (nSPS) is 22.3. The van der Waals surface area contributed by atoms with E-state index in [2.05, 4.69) is 6.92 Å². The molecule has 23 heavy (non-hydrogen) atoms. The molecular weight excluding hydrogens is 290 g/mol. The van der Waals surface area contributed by atoms with Gasteiger partial charge >= 0.3 is 0 Å². The van der Waals surface area contributed by atoms with Crippen LogP contribution in [0.3, 0.4) is 0 Å². The van der Waals surface area contributed by atoms with Crippen molar-refractivity contribution >= 4 is 5.83 Å². The molecule has 0 aliphatic heterocycles. The van der Waals surface area contributed by atoms with E-state index < -0.39 is 5.83 Å². The first-order chi connectivity index (χ1) is 11.2. The molecule has 128 valence electrons. The minimum atomic E-state index is -0.789. The molecule has 1 aliphatic carbocycles. The second-order valence-electron chi connectivity index (χ2n) is 7.00. The van der Waals surface area contributed by atoms with Gasteiger partial charge in [0.1, 0.15) is 6.33 Å². The Kier molecular flexibility index (Phi) is 7.78. The molecule has 0 atom stereocenters. The smallest absolute Gasteiger partial charge is 0.158 e. The summed E-state index contributed by atoms with van der Waals surface area (Å²) in [6.07, 6.45) is 13.4. The van der Waals surface area contributed by atoms with E-state index in [9.17, 15) is 8.78 Å². The van der Waals surface area contributed by atoms with Crippen LogP contribution in [0.4, 0.5) is 8.78 Å². The molecule has 1 aliphatic rings. The van der Waals surface area contributed by atoms with Gasteiger partial charge in [-0.15, -0.1) is 0 Å². The lowest BCUT2D eigenvalue weighted by Gasteiger charge is -2.29. The van der Waals surface area contributed by atoms with Gasteiger partial charge in [-0.2, -0.15) is 0 Å². The maximum Gasteiger partial charge on any atom is 0.158 e. The summed E-state index contributed by atoms with van der Waals surface area (Å²) in [5.41, 5.74) is 1.61. The van der Waals surface area contributed by atoms with E-state index in [-0.39, 0.29) is 6.33 Å². The molecule has 1 aromatic carbocycles. The Labute approximate surface area is 140 Å². The average Bonchev–Trinajstić information content (AvgIpc) is 2.61. The van der Waals surface area contributed by atoms with Gasteiger partial charge in [-0.1, -0.05) is 69.7 Å². The van der Waals surface area contributed by atoms with E-state index in [1.54, 1.807) is 12.1 Å². The minimum absolute atomic E-state index is 0.0285. The Bertz CT molecular complexity index is 467. The average molecular weight is 320 g/mol. The topological polar surface area (TPSA) is 0 Å². The first-order valence-corrected chi connectivity index (χ1v) is 9.30. The van der Waals surface area contributed by atoms with Crippen LogP contribution in [-0.4, -0.2) is 0 Å². The third-order valence-electron chi connectivity index (χ3n) is 5.32. The van der Waals surface area contributed by atoms with Crippen molar-refractivity contribution in [3.63, 3.8) is 0 Å². The largest absolute Gasteiger partial charge is 0.212 e. The van der Waals surface area contributed by atoms with Crippen molar-refractivity contribution in [2.75, 3.05) is 0 Å². The van der Waals surface area contributed by atoms with Gasteiger partial charge in [-0.3, -0.25) is 0 Å². The molecule has 1 saturated carbocycles. The Morgan fingerprint density at radius 1 is 1.00 bits per heavy atom. The summed E-state index contributed by atoms with van der Waals surface area (Å²) in [6, 6.07) is 7.32. The van der Waals surface area contributed by atoms with Gasteiger partial charge in [-0.25, -0.2) is 8.78 Å². The molecule has 1 fully saturated rings. The summed E-state index contributed by atoms with van der Waals surface area (Å²) in [4.78, 5) is 0. The fraction of sp³-hybridized carbons (Fsp3) is 0.619. The van der Waals surface area contributed by atoms with Gasteiger partial charge in [0.05, 0.1) is 0 Å². The van der Waals surface area contributed by atoms with Crippen LogP contribution in [0.5, 0.6) is 0 Å². The Balaban J connectivity index is 1.73. The van der Waals surface area contributed by atoms with Crippen molar-refractivity contribution in [2.24, 2.45) is 5.92 Å². The van der Waals surface area contributed by atoms with Gasteiger partial charge in [0.15, 0.2) is 5.83 Å². The van der Waals surface area contributed by atoms with Crippen LogP contribution in [0.15, 0.2) is 30.6 Å². The molecule has 1 aromatic rings. The molecule has 0 heterocycles. The van der Waals surface area contributed by atoms with Gasteiger partial charge < -0.3 is 0 Å². The fourth-order valence-electron chi connectivity index (χ4n) is 3.80. The van der Waals surface area contributed by atoms with Gasteiger partial charge in [0, 0.05) is 5.56 Å². The molecule has 0 bridgehead atoms. The monoisotopic (exact) mass is 320 g/mol. The van der Waals surface area contributed by atoms with Crippen molar-refractivity contribution in [3.8, 4) is 0 Å². The molecule has 0 amide bonds. The first-order valence-electron chi connectivity index (χ1n) is 9.30. The molecule has 2 rings (SSSR count). The molecule has 0 spiro atoms. The highest BCUT2D eigenvalue weighted by Gasteiger charge is 2.22. The lowest BCUT2D eigenvalue weighted by molar-refractivity contribution is 0.302. The third kappa shape index (κ3) is 5.75. The highest BCUT2D eigenvalue weighted by molar-refractivity contribution is 5.58. The van der Waals surface area contributed by atoms with Crippen LogP contribution in [0.25, 0.3) is 5.83 Å². The van der Waals surface area contributed by atoms with Gasteiger partial charge in [0.2, 0.25) is 0 Å². The number of unbranched alkanes of at least 4 members (excludes halogenated alkanes) is 4. The van der Waals surface area contributed by atoms with Crippen LogP contribution in [0.2, 0.25) is 0 Å². The molecule has 0 radical (unpaired) electrons. The Morgan fingerprint density at radius 3 is 2.26 bits per heavy atom. The summed E-state index contributed by atoms with van der Waals surface area (Å²) in [7, 11) is 0. The Hall–Kier alpha value is -1.18. The first kappa shape index (κ1) is 18.2. The number of halogens is 2. The van der Waals surface area contributed by atoms with E-state index >= 15 is 0 Å². The fourth-order valence-corrected chi connectivity index (χ4v) is 3.80. The molecule has 0 nitrogen and oxygen atoms in total. The summed E-state index contributed by atoms with van der Waals surface area (Å²) < 4.78 is 25.4. The molecule has 0 unspecified atom stereocenters. The van der Waals surface area contributed by atoms with Crippen molar-refractivity contribution in [1.29, 1.82) is 0 Å². The maximum absolute atomic E-state index is 13.2. The quantitative estimate of drug-likeness (QED) is 0.433. The van der Waals surface area contributed by atoms with Gasteiger partial charge in [0.25, 0.3) is 0 Å². The predicted octanol–water partition coefficient (Wildman–Crippen LogP) is 7.56. The summed E-state index contributed by atoms with van der Waals surface area (Å²) in [5, 5.41) is 0. The number of rotatable bonds is 8. The SMILES string of the molecule is CCCCCCCC1CCC(c2ccc(C(F)=CF)cc2)CC1. The molecular formula is C21H30F2. The van der Waals surface area contributed by atoms with Crippen molar-refractivity contribution in [1.82, 2.24) is 0 Å². The number of benzene rings is 1. The molecule has 0 N–H and O–H groups in total. The Morgan fingerprint density at radius 2 is 1.65 bits per heavy atom. The zero-order valence-electron chi connectivity index (χ0n) is 14.4. The number of hydrogen-bond acceptors (Lipinski definition) is 0. The second-order valence-corrected chi connectivity index (χ2v) is 7.00. The highest BCUT2D eigenvalue weighted by atomic mass is 19.2. The lowest BCUT2D eigenvalue weighted by atomic mass is 9.77. The van der Waals surface area contributed by atoms with Crippen molar-refractivity contribution in [3.05, 3.63) is 41.7 Å². The van der Waals surface area contributed by atoms with E-state index in [0.717, 1.165) is 5.92 Å². The second kappa shape index (κ2) is 9.85. The molecule has 2 heteroatoms. The minimum Gasteiger partial charge on any atom is -0.212 e. The van der Waals surface area contributed by atoms with Crippen molar-refractivity contribution in [2.45, 2.75) is 77.0 Å². The predicted molar refractivity (Wildman–Crippen MR) is 94.7 cm³/mol. The van der Waals surface area contributed by atoms with Crippen molar-refractivity contribution < 1.29 is 8.78 Å². The zero-order valence-corrected chi connectivity index (χ0v) is 14.4. The van der Waals surface area contributed by atoms with Crippen LogP contribution in [0, 0.1) is 5.92 Å². The highest BCUT2D eigenvalue weighted by Crippen LogP contribution is 2.38. The molecule has 0 aromatic heterocycles. The maximum atomic E-state index is 13.2. The van der Waals surface area contributed by atoms with Crippen LogP contribution in [-0.2, 0) is 0 Å². The van der Waals surface area contributed by atoms with E-state index in [1.165, 1.54) is 69.8 Å². The van der Waals surface area contributed by atoms with Crippen LogP contribution in [0.1, 0.15) is 88.2 Å². The van der Waals surface area contributed by atoms with E-state index in [1.807, 2.05) is 12.1 Å². The van der Waals surface area contributed by atoms with Crippen LogP contribution < -0.4 is 0 Å². The van der Waals surface area contributed by atoms with E-state index in [4.69, 9.17) is 0 Å². The zero-order chi connectivity index (χ0) is 16.5. The summed E-state index contributed by atoms with van der Waals surface area (Å²) in [5.74, 6) is 0.709. The number of hydrogen-bond donors (Lipinski definition) is 0. The van der Waals surface area contributed by atoms with Crippen LogP contribution >= 0.6 is 0 Å². The third-order valence-corrected chi connectivity index (χ3v) is 5.32. The summed E-state index contributed by atoms with van der Waals surface area (Å²) >= 11 is 0. The van der Waals surface area contributed by atoms with E-state index in [0.29, 0.717) is 11.5 Å². The summed E-state index contributed by atoms with van der Waals surface area (Å²) in [6.45, 7) is 2.26.